The Balaban J connectivity index is 2.04. The van der Waals surface area contributed by atoms with Gasteiger partial charge >= 0.3 is 5.69 Å². The quantitative estimate of drug-likeness (QED) is 0.606. The van der Waals surface area contributed by atoms with Crippen molar-refractivity contribution < 1.29 is 0 Å². The van der Waals surface area contributed by atoms with Crippen molar-refractivity contribution in [1.29, 1.82) is 0 Å². The van der Waals surface area contributed by atoms with Crippen LogP contribution in [0.1, 0.15) is 56.6 Å². The number of unbranched alkanes of at least 4 members (excludes halogenated alkanes) is 1. The van der Waals surface area contributed by atoms with Crippen LogP contribution in [0, 0.1) is 13.8 Å². The molecule has 0 unspecified atom stereocenters. The Morgan fingerprint density at radius 2 is 1.97 bits per heavy atom. The first-order chi connectivity index (χ1) is 14.3. The number of benzene rings is 1. The van der Waals surface area contributed by atoms with E-state index in [2.05, 4.69) is 17.2 Å². The Kier molecular flexibility index (Phi) is 6.97. The average Bonchev–Trinajstić information content (AvgIpc) is 3.21. The summed E-state index contributed by atoms with van der Waals surface area (Å²) in [6, 6.07) is 6.10. The van der Waals surface area contributed by atoms with Crippen LogP contribution in [-0.2, 0) is 6.54 Å². The summed E-state index contributed by atoms with van der Waals surface area (Å²) in [5.74, 6) is 0.174. The molecule has 8 heteroatoms. The Bertz CT molecular complexity index is 1040. The highest BCUT2D eigenvalue weighted by Gasteiger charge is 2.31. The molecule has 1 heterocycles. The molecule has 0 aliphatic heterocycles. The van der Waals surface area contributed by atoms with Crippen molar-refractivity contribution in [3.63, 3.8) is 0 Å². The van der Waals surface area contributed by atoms with Gasteiger partial charge in [0, 0.05) is 18.3 Å². The van der Waals surface area contributed by atoms with Crippen LogP contribution in [0.5, 0.6) is 0 Å². The Labute approximate surface area is 182 Å². The zero-order valence-corrected chi connectivity index (χ0v) is 18.8. The molecule has 0 spiro atoms. The normalized spacial score (nSPS) is 14.1. The number of nitrogens with zero attached hydrogens (tertiary/aromatic N) is 2. The minimum Gasteiger partial charge on any atom is -0.383 e. The summed E-state index contributed by atoms with van der Waals surface area (Å²) in [6.07, 6.45) is 5.69. The second kappa shape index (κ2) is 9.47. The van der Waals surface area contributed by atoms with Crippen molar-refractivity contribution >= 4 is 34.5 Å². The standard InChI is InChI=1S/C22H31N5O2S/c1-4-5-12-26-19(23)18(20(28)25-21(26)29)27(17-8-6-7-9-17)22(30)24-16-11-10-14(2)15(3)13-16/h10-11,13,17H,4-9,12,23H2,1-3H3,(H,24,30)(H,25,28,29). The monoisotopic (exact) mass is 429 g/mol. The molecule has 0 amide bonds. The molecular weight excluding hydrogens is 398 g/mol. The zero-order valence-electron chi connectivity index (χ0n) is 18.0. The van der Waals surface area contributed by atoms with E-state index in [0.29, 0.717) is 11.7 Å². The number of aryl methyl sites for hydroxylation is 2. The predicted molar refractivity (Wildman–Crippen MR) is 128 cm³/mol. The van der Waals surface area contributed by atoms with Crippen LogP contribution in [0.2, 0.25) is 0 Å². The lowest BCUT2D eigenvalue weighted by molar-refractivity contribution is 0.601. The smallest absolute Gasteiger partial charge is 0.330 e. The van der Waals surface area contributed by atoms with E-state index in [0.717, 1.165) is 49.8 Å². The molecule has 7 nitrogen and oxygen atoms in total. The molecule has 30 heavy (non-hydrogen) atoms. The van der Waals surface area contributed by atoms with Crippen LogP contribution in [0.4, 0.5) is 17.2 Å². The van der Waals surface area contributed by atoms with E-state index in [1.807, 2.05) is 36.9 Å². The van der Waals surface area contributed by atoms with Gasteiger partial charge in [-0.25, -0.2) is 4.79 Å². The van der Waals surface area contributed by atoms with Crippen LogP contribution >= 0.6 is 12.2 Å². The van der Waals surface area contributed by atoms with Gasteiger partial charge in [-0.3, -0.25) is 14.3 Å². The maximum atomic E-state index is 12.9. The fourth-order valence-corrected chi connectivity index (χ4v) is 4.32. The van der Waals surface area contributed by atoms with Crippen LogP contribution in [0.15, 0.2) is 27.8 Å². The second-order valence-electron chi connectivity index (χ2n) is 8.04. The van der Waals surface area contributed by atoms with Gasteiger partial charge in [-0.15, -0.1) is 0 Å². The van der Waals surface area contributed by atoms with Gasteiger partial charge in [0.1, 0.15) is 5.82 Å². The van der Waals surface area contributed by atoms with E-state index in [-0.39, 0.29) is 17.5 Å². The summed E-state index contributed by atoms with van der Waals surface area (Å²) in [5.41, 5.74) is 8.88. The van der Waals surface area contributed by atoms with Gasteiger partial charge in [-0.1, -0.05) is 32.3 Å². The largest absolute Gasteiger partial charge is 0.383 e. The number of thiocarbonyl (C=S) groups is 1. The fraction of sp³-hybridized carbons (Fsp3) is 0.500. The number of anilines is 3. The molecule has 3 rings (SSSR count). The number of rotatable bonds is 6. The van der Waals surface area contributed by atoms with E-state index in [9.17, 15) is 9.59 Å². The van der Waals surface area contributed by atoms with E-state index >= 15 is 0 Å². The number of nitrogen functional groups attached to an aromatic ring is 1. The number of aromatic amines is 1. The minimum atomic E-state index is -0.499. The van der Waals surface area contributed by atoms with Gasteiger partial charge in [-0.2, -0.15) is 0 Å². The molecule has 162 valence electrons. The summed E-state index contributed by atoms with van der Waals surface area (Å²) in [5, 5.41) is 3.70. The van der Waals surface area contributed by atoms with Gasteiger partial charge in [0.2, 0.25) is 0 Å². The summed E-state index contributed by atoms with van der Waals surface area (Å²) in [7, 11) is 0. The first-order valence-electron chi connectivity index (χ1n) is 10.6. The van der Waals surface area contributed by atoms with Crippen molar-refractivity contribution in [2.45, 2.75) is 71.9 Å². The Morgan fingerprint density at radius 3 is 2.60 bits per heavy atom. The van der Waals surface area contributed by atoms with E-state index in [1.54, 1.807) is 0 Å². The maximum absolute atomic E-state index is 12.9. The lowest BCUT2D eigenvalue weighted by Gasteiger charge is -2.32. The molecule has 0 saturated heterocycles. The van der Waals surface area contributed by atoms with Crippen LogP contribution < -0.4 is 27.2 Å². The highest BCUT2D eigenvalue weighted by molar-refractivity contribution is 7.80. The summed E-state index contributed by atoms with van der Waals surface area (Å²) in [6.45, 7) is 6.61. The maximum Gasteiger partial charge on any atom is 0.330 e. The van der Waals surface area contributed by atoms with Crippen LogP contribution in [0.3, 0.4) is 0 Å². The van der Waals surface area contributed by atoms with Crippen LogP contribution in [0.25, 0.3) is 0 Å². The van der Waals surface area contributed by atoms with E-state index in [4.69, 9.17) is 18.0 Å². The summed E-state index contributed by atoms with van der Waals surface area (Å²) < 4.78 is 1.45. The predicted octanol–water partition coefficient (Wildman–Crippen LogP) is 3.68. The van der Waals surface area contributed by atoms with E-state index in [1.165, 1.54) is 10.1 Å². The molecule has 2 aromatic rings. The first kappa shape index (κ1) is 22.1. The van der Waals surface area contributed by atoms with Crippen molar-refractivity contribution in [2.24, 2.45) is 0 Å². The molecule has 1 aliphatic rings. The highest BCUT2D eigenvalue weighted by atomic mass is 32.1. The number of hydrogen-bond donors (Lipinski definition) is 3. The SMILES string of the molecule is CCCCn1c(N)c(N(C(=S)Nc2ccc(C)c(C)c2)C2CCCC2)c(=O)[nH]c1=O. The molecule has 1 fully saturated rings. The van der Waals surface area contributed by atoms with Crippen LogP contribution in [-0.4, -0.2) is 20.7 Å². The molecule has 4 N–H and O–H groups in total. The van der Waals surface area contributed by atoms with Gasteiger partial charge in [0.15, 0.2) is 10.8 Å². The Morgan fingerprint density at radius 1 is 1.27 bits per heavy atom. The van der Waals surface area contributed by atoms with Gasteiger partial charge < -0.3 is 16.0 Å². The third-order valence-corrected chi connectivity index (χ3v) is 6.16. The summed E-state index contributed by atoms with van der Waals surface area (Å²) in [4.78, 5) is 29.5. The fourth-order valence-electron chi connectivity index (χ4n) is 3.96. The van der Waals surface area contributed by atoms with Gasteiger partial charge in [-0.05, 0) is 68.6 Å². The third-order valence-electron chi connectivity index (χ3n) is 5.86. The summed E-state index contributed by atoms with van der Waals surface area (Å²) >= 11 is 5.75. The second-order valence-corrected chi connectivity index (χ2v) is 8.42. The highest BCUT2D eigenvalue weighted by Crippen LogP contribution is 2.30. The molecule has 0 atom stereocenters. The molecule has 1 saturated carbocycles. The molecule has 1 aromatic carbocycles. The Hall–Kier alpha value is -2.61. The topological polar surface area (TPSA) is 96.2 Å². The number of nitrogens with one attached hydrogen (secondary N) is 2. The lowest BCUT2D eigenvalue weighted by atomic mass is 10.1. The lowest BCUT2D eigenvalue weighted by Crippen LogP contribution is -2.47. The molecule has 1 aromatic heterocycles. The van der Waals surface area contributed by atoms with Crippen molar-refractivity contribution in [3.05, 3.63) is 50.2 Å². The zero-order chi connectivity index (χ0) is 21.8. The molecule has 1 aliphatic carbocycles. The average molecular weight is 430 g/mol. The van der Waals surface area contributed by atoms with Crippen molar-refractivity contribution in [2.75, 3.05) is 16.0 Å². The van der Waals surface area contributed by atoms with Gasteiger partial charge in [0.25, 0.3) is 5.56 Å². The molecular formula is C22H31N5O2S. The number of hydrogen-bond acceptors (Lipinski definition) is 4. The number of aromatic nitrogens is 2. The van der Waals surface area contributed by atoms with Gasteiger partial charge in [0.05, 0.1) is 0 Å². The molecule has 0 bridgehead atoms. The van der Waals surface area contributed by atoms with Crippen molar-refractivity contribution in [1.82, 2.24) is 9.55 Å². The van der Waals surface area contributed by atoms with E-state index < -0.39 is 11.2 Å². The molecule has 0 radical (unpaired) electrons. The minimum absolute atomic E-state index is 0.0667. The number of H-pyrrole nitrogens is 1. The third kappa shape index (κ3) is 4.59. The van der Waals surface area contributed by atoms with Crippen molar-refractivity contribution in [3.8, 4) is 0 Å². The first-order valence-corrected chi connectivity index (χ1v) is 11.0. The number of nitrogens with two attached hydrogens (primary N) is 1.